The van der Waals surface area contributed by atoms with Crippen molar-refractivity contribution in [3.63, 3.8) is 0 Å². The number of benzene rings is 1. The van der Waals surface area contributed by atoms with Gasteiger partial charge in [-0.3, -0.25) is 14.4 Å². The van der Waals surface area contributed by atoms with Crippen molar-refractivity contribution in [3.8, 4) is 0 Å². The summed E-state index contributed by atoms with van der Waals surface area (Å²) in [6.07, 6.45) is 0.521. The van der Waals surface area contributed by atoms with Gasteiger partial charge in [0.25, 0.3) is 5.56 Å². The molecule has 0 unspecified atom stereocenters. The number of carbonyl (C=O) groups excluding carboxylic acids is 2. The summed E-state index contributed by atoms with van der Waals surface area (Å²) in [7, 11) is 0. The van der Waals surface area contributed by atoms with Crippen LogP contribution >= 0.6 is 0 Å². The van der Waals surface area contributed by atoms with Crippen molar-refractivity contribution in [1.82, 2.24) is 4.98 Å². The van der Waals surface area contributed by atoms with Crippen molar-refractivity contribution in [3.05, 3.63) is 40.2 Å². The largest absolute Gasteiger partial charge is 0.326 e. The van der Waals surface area contributed by atoms with Gasteiger partial charge in [-0.25, -0.2) is 0 Å². The monoisotopic (exact) mass is 272 g/mol. The molecular weight excluding hydrogens is 256 g/mol. The summed E-state index contributed by atoms with van der Waals surface area (Å²) in [6, 6.07) is 6.68. The van der Waals surface area contributed by atoms with Crippen molar-refractivity contribution in [1.29, 1.82) is 0 Å². The van der Waals surface area contributed by atoms with Crippen LogP contribution in [0.5, 0.6) is 0 Å². The van der Waals surface area contributed by atoms with Gasteiger partial charge in [0.15, 0.2) is 6.29 Å². The van der Waals surface area contributed by atoms with Gasteiger partial charge in [-0.2, -0.15) is 0 Å². The third kappa shape index (κ3) is 2.77. The molecule has 0 saturated heterocycles. The molecule has 0 aliphatic rings. The van der Waals surface area contributed by atoms with E-state index >= 15 is 0 Å². The van der Waals surface area contributed by atoms with Gasteiger partial charge in [0.2, 0.25) is 5.91 Å². The van der Waals surface area contributed by atoms with Crippen molar-refractivity contribution in [2.45, 2.75) is 20.8 Å². The molecule has 0 radical (unpaired) electrons. The second-order valence-corrected chi connectivity index (χ2v) is 5.68. The van der Waals surface area contributed by atoms with Crippen LogP contribution in [0.15, 0.2) is 29.1 Å². The van der Waals surface area contributed by atoms with E-state index in [1.165, 1.54) is 6.07 Å². The number of anilines is 1. The number of rotatable bonds is 2. The minimum absolute atomic E-state index is 0.0870. The average Bonchev–Trinajstić information content (AvgIpc) is 2.36. The predicted octanol–water partition coefficient (Wildman–Crippen LogP) is 2.33. The third-order valence-corrected chi connectivity index (χ3v) is 2.94. The Morgan fingerprint density at radius 3 is 2.55 bits per heavy atom. The predicted molar refractivity (Wildman–Crippen MR) is 78.0 cm³/mol. The van der Waals surface area contributed by atoms with Gasteiger partial charge in [0, 0.05) is 11.1 Å². The smallest absolute Gasteiger partial charge is 0.259 e. The lowest BCUT2D eigenvalue weighted by molar-refractivity contribution is -0.123. The number of aromatic nitrogens is 1. The molecule has 5 heteroatoms. The highest BCUT2D eigenvalue weighted by Gasteiger charge is 2.21. The van der Waals surface area contributed by atoms with Crippen LogP contribution in [-0.4, -0.2) is 17.2 Å². The van der Waals surface area contributed by atoms with Crippen molar-refractivity contribution in [2.24, 2.45) is 5.41 Å². The van der Waals surface area contributed by atoms with Crippen LogP contribution in [0.2, 0.25) is 0 Å². The molecule has 1 amide bonds. The number of aromatic amines is 1. The average molecular weight is 272 g/mol. The molecule has 20 heavy (non-hydrogen) atoms. The van der Waals surface area contributed by atoms with Crippen molar-refractivity contribution < 1.29 is 9.59 Å². The van der Waals surface area contributed by atoms with Gasteiger partial charge in [-0.15, -0.1) is 0 Å². The Morgan fingerprint density at radius 1 is 1.25 bits per heavy atom. The van der Waals surface area contributed by atoms with E-state index in [4.69, 9.17) is 0 Å². The Balaban J connectivity index is 2.42. The van der Waals surface area contributed by atoms with E-state index in [-0.39, 0.29) is 11.5 Å². The lowest BCUT2D eigenvalue weighted by atomic mass is 9.95. The Bertz CT molecular complexity index is 739. The summed E-state index contributed by atoms with van der Waals surface area (Å²) in [5.74, 6) is -0.108. The minimum Gasteiger partial charge on any atom is -0.326 e. The molecule has 0 atom stereocenters. The molecule has 0 spiro atoms. The second kappa shape index (κ2) is 4.92. The molecule has 1 heterocycles. The Hall–Kier alpha value is -2.43. The van der Waals surface area contributed by atoms with Crippen LogP contribution in [0.1, 0.15) is 31.1 Å². The molecule has 1 aromatic carbocycles. The highest BCUT2D eigenvalue weighted by atomic mass is 16.2. The fourth-order valence-corrected chi connectivity index (χ4v) is 1.70. The van der Waals surface area contributed by atoms with Crippen LogP contribution in [0.4, 0.5) is 5.69 Å². The Morgan fingerprint density at radius 2 is 1.95 bits per heavy atom. The number of hydrogen-bond acceptors (Lipinski definition) is 3. The molecule has 0 bridgehead atoms. The van der Waals surface area contributed by atoms with Crippen molar-refractivity contribution in [2.75, 3.05) is 5.32 Å². The molecule has 0 aliphatic carbocycles. The molecule has 5 nitrogen and oxygen atoms in total. The summed E-state index contributed by atoms with van der Waals surface area (Å²) >= 11 is 0. The van der Waals surface area contributed by atoms with Gasteiger partial charge in [-0.05, 0) is 23.6 Å². The van der Waals surface area contributed by atoms with Gasteiger partial charge in [0.1, 0.15) is 0 Å². The number of nitrogens with one attached hydrogen (secondary N) is 2. The quantitative estimate of drug-likeness (QED) is 0.823. The Kier molecular flexibility index (Phi) is 3.44. The van der Waals surface area contributed by atoms with Crippen LogP contribution in [0.3, 0.4) is 0 Å². The molecule has 0 aliphatic heterocycles. The maximum atomic E-state index is 11.9. The molecule has 1 aromatic heterocycles. The fourth-order valence-electron chi connectivity index (χ4n) is 1.70. The number of carbonyl (C=O) groups is 2. The summed E-state index contributed by atoms with van der Waals surface area (Å²) in [6.45, 7) is 5.46. The number of pyridine rings is 1. The van der Waals surface area contributed by atoms with Gasteiger partial charge in [0.05, 0.1) is 11.1 Å². The molecule has 0 fully saturated rings. The van der Waals surface area contributed by atoms with E-state index < -0.39 is 11.0 Å². The lowest BCUT2D eigenvalue weighted by Crippen LogP contribution is -2.27. The van der Waals surface area contributed by atoms with E-state index in [2.05, 4.69) is 10.3 Å². The summed E-state index contributed by atoms with van der Waals surface area (Å²) < 4.78 is 0. The van der Waals surface area contributed by atoms with Crippen molar-refractivity contribution >= 4 is 28.8 Å². The highest BCUT2D eigenvalue weighted by molar-refractivity contribution is 5.96. The van der Waals surface area contributed by atoms with Gasteiger partial charge >= 0.3 is 0 Å². The number of hydrogen-bond donors (Lipinski definition) is 2. The molecule has 2 rings (SSSR count). The van der Waals surface area contributed by atoms with Gasteiger partial charge < -0.3 is 10.3 Å². The highest BCUT2D eigenvalue weighted by Crippen LogP contribution is 2.20. The first kappa shape index (κ1) is 14.0. The number of amides is 1. The molecular formula is C15H16N2O3. The second-order valence-electron chi connectivity index (χ2n) is 5.68. The van der Waals surface area contributed by atoms with E-state index in [9.17, 15) is 14.4 Å². The zero-order valence-electron chi connectivity index (χ0n) is 11.6. The van der Waals surface area contributed by atoms with E-state index in [0.29, 0.717) is 17.5 Å². The fraction of sp³-hybridized carbons (Fsp3) is 0.267. The summed E-state index contributed by atoms with van der Waals surface area (Å²) in [5.41, 5.74) is 0.332. The molecule has 0 saturated carbocycles. The molecule has 2 N–H and O–H groups in total. The number of H-pyrrole nitrogens is 1. The standard InChI is InChI=1S/C15H16N2O3/c1-15(2,3)14(20)16-11-5-4-9-6-10(8-18)13(19)17-12(9)7-11/h4-8H,1-3H3,(H,16,20)(H,17,19). The van der Waals surface area contributed by atoms with E-state index in [0.717, 1.165) is 5.39 Å². The zero-order chi connectivity index (χ0) is 14.9. The summed E-state index contributed by atoms with van der Waals surface area (Å²) in [4.78, 5) is 36.8. The maximum Gasteiger partial charge on any atom is 0.259 e. The first-order valence-electron chi connectivity index (χ1n) is 6.25. The third-order valence-electron chi connectivity index (χ3n) is 2.94. The first-order valence-corrected chi connectivity index (χ1v) is 6.25. The number of fused-ring (bicyclic) bond motifs is 1. The molecule has 2 aromatic rings. The maximum absolute atomic E-state index is 11.9. The van der Waals surface area contributed by atoms with Crippen LogP contribution < -0.4 is 10.9 Å². The summed E-state index contributed by atoms with van der Waals surface area (Å²) in [5, 5.41) is 3.53. The van der Waals surface area contributed by atoms with Gasteiger partial charge in [-0.1, -0.05) is 26.8 Å². The van der Waals surface area contributed by atoms with E-state index in [1.807, 2.05) is 20.8 Å². The van der Waals surface area contributed by atoms with Crippen LogP contribution in [-0.2, 0) is 4.79 Å². The van der Waals surface area contributed by atoms with Crippen LogP contribution in [0.25, 0.3) is 10.9 Å². The lowest BCUT2D eigenvalue weighted by Gasteiger charge is -2.17. The molecule has 104 valence electrons. The topological polar surface area (TPSA) is 79.0 Å². The van der Waals surface area contributed by atoms with E-state index in [1.54, 1.807) is 18.2 Å². The first-order chi connectivity index (χ1) is 9.31. The number of aldehydes is 1. The normalized spacial score (nSPS) is 11.3. The Labute approximate surface area is 116 Å². The zero-order valence-corrected chi connectivity index (χ0v) is 11.6. The van der Waals surface area contributed by atoms with Crippen LogP contribution in [0, 0.1) is 5.41 Å². The minimum atomic E-state index is -0.496. The SMILES string of the molecule is CC(C)(C)C(=O)Nc1ccc2cc(C=O)c(=O)[nH]c2c1.